The maximum atomic E-state index is 10.9. The van der Waals surface area contributed by atoms with Crippen molar-refractivity contribution in [3.8, 4) is 5.88 Å². The zero-order valence-electron chi connectivity index (χ0n) is 5.23. The van der Waals surface area contributed by atoms with E-state index in [0.29, 0.717) is 0 Å². The summed E-state index contributed by atoms with van der Waals surface area (Å²) in [4.78, 5) is 2.32. The van der Waals surface area contributed by atoms with Gasteiger partial charge in [0.15, 0.2) is 8.16 Å². The van der Waals surface area contributed by atoms with Crippen LogP contribution >= 0.6 is 23.6 Å². The Bertz CT molecular complexity index is 412. The molecule has 0 saturated carbocycles. The molecule has 1 atom stereocenters. The normalized spacial score (nSPS) is 16.1. The van der Waals surface area contributed by atoms with Gasteiger partial charge >= 0.3 is 0 Å². The summed E-state index contributed by atoms with van der Waals surface area (Å²) in [7, 11) is -3.34. The Labute approximate surface area is 72.4 Å². The minimum atomic E-state index is -3.34. The number of nitrogens with one attached hydrogen (secondary N) is 1. The number of hydrogen-bond donors (Lipinski definition) is 3. The quantitative estimate of drug-likeness (QED) is 0.607. The third kappa shape index (κ3) is 1.80. The van der Waals surface area contributed by atoms with Crippen LogP contribution in [0.15, 0.2) is 4.21 Å². The van der Waals surface area contributed by atoms with Gasteiger partial charge in [0.25, 0.3) is 0 Å². The van der Waals surface area contributed by atoms with Crippen LogP contribution in [0.25, 0.3) is 0 Å². The summed E-state index contributed by atoms with van der Waals surface area (Å²) in [5.41, 5.74) is 0. The number of aromatic amines is 1. The van der Waals surface area contributed by atoms with Crippen molar-refractivity contribution >= 4 is 39.2 Å². The first-order valence-electron chi connectivity index (χ1n) is 2.43. The monoisotopic (exact) mass is 211 g/mol. The zero-order valence-corrected chi connectivity index (χ0v) is 7.68. The standard InChI is InChI=1S/C4H5NO3S3/c1-11(7,8)3-2(6)5-4(9)10-3/h6H,1H2,(H,5,9)(H,7,8). The van der Waals surface area contributed by atoms with Crippen molar-refractivity contribution in [1.82, 2.24) is 4.98 Å². The molecule has 0 aliphatic heterocycles. The van der Waals surface area contributed by atoms with Crippen LogP contribution in [-0.4, -0.2) is 24.7 Å². The summed E-state index contributed by atoms with van der Waals surface area (Å²) < 4.78 is 19.9. The predicted molar refractivity (Wildman–Crippen MR) is 47.3 cm³/mol. The first-order chi connectivity index (χ1) is 4.91. The first-order valence-corrected chi connectivity index (χ1v) is 5.34. The molecule has 7 heteroatoms. The van der Waals surface area contributed by atoms with E-state index < -0.39 is 9.80 Å². The van der Waals surface area contributed by atoms with Crippen LogP contribution in [0.4, 0.5) is 0 Å². The second kappa shape index (κ2) is 2.59. The van der Waals surface area contributed by atoms with Crippen molar-refractivity contribution in [1.29, 1.82) is 0 Å². The first kappa shape index (κ1) is 8.72. The fourth-order valence-electron chi connectivity index (χ4n) is 0.522. The topological polar surface area (TPSA) is 73.3 Å². The van der Waals surface area contributed by atoms with Gasteiger partial charge in [0.2, 0.25) is 5.88 Å². The van der Waals surface area contributed by atoms with E-state index in [1.54, 1.807) is 0 Å². The number of aromatic hydroxyl groups is 1. The lowest BCUT2D eigenvalue weighted by molar-refractivity contribution is 0.441. The van der Waals surface area contributed by atoms with Crippen molar-refractivity contribution in [3.05, 3.63) is 3.95 Å². The molecule has 4 nitrogen and oxygen atoms in total. The Hall–Kier alpha value is -0.370. The zero-order chi connectivity index (χ0) is 8.65. The van der Waals surface area contributed by atoms with Gasteiger partial charge < -0.3 is 14.6 Å². The average molecular weight is 211 g/mol. The van der Waals surface area contributed by atoms with E-state index in [9.17, 15) is 4.21 Å². The van der Waals surface area contributed by atoms with E-state index >= 15 is 0 Å². The SMILES string of the molecule is C=S(=O)(O)c1sc(=S)[nH]c1O. The Morgan fingerprint density at radius 1 is 1.73 bits per heavy atom. The Balaban J connectivity index is 3.48. The molecule has 0 aliphatic rings. The van der Waals surface area contributed by atoms with E-state index in [2.05, 4.69) is 23.1 Å². The van der Waals surface area contributed by atoms with Crippen LogP contribution in [-0.2, 0) is 9.80 Å². The number of aromatic nitrogens is 1. The van der Waals surface area contributed by atoms with Crippen molar-refractivity contribution in [2.45, 2.75) is 4.21 Å². The van der Waals surface area contributed by atoms with Crippen LogP contribution in [0.5, 0.6) is 5.88 Å². The van der Waals surface area contributed by atoms with Gasteiger partial charge in [0.05, 0.1) is 0 Å². The third-order valence-corrected chi connectivity index (χ3v) is 3.71. The fraction of sp³-hybridized carbons (Fsp3) is 0. The molecule has 62 valence electrons. The molecular formula is C4H5NO3S3. The van der Waals surface area contributed by atoms with Gasteiger partial charge in [-0.3, -0.25) is 0 Å². The molecule has 1 aromatic heterocycles. The molecule has 0 bridgehead atoms. The molecule has 0 saturated heterocycles. The molecule has 0 aromatic carbocycles. The molecule has 1 aromatic rings. The number of H-pyrrole nitrogens is 1. The van der Waals surface area contributed by atoms with Gasteiger partial charge in [0, 0.05) is 0 Å². The van der Waals surface area contributed by atoms with Gasteiger partial charge in [-0.1, -0.05) is 11.3 Å². The molecule has 1 unspecified atom stereocenters. The highest BCUT2D eigenvalue weighted by molar-refractivity contribution is 7.97. The molecule has 0 radical (unpaired) electrons. The van der Waals surface area contributed by atoms with Crippen LogP contribution < -0.4 is 0 Å². The summed E-state index contributed by atoms with van der Waals surface area (Å²) in [6, 6.07) is 0. The van der Waals surface area contributed by atoms with Gasteiger partial charge in [0.1, 0.15) is 9.80 Å². The summed E-state index contributed by atoms with van der Waals surface area (Å²) in [6.45, 7) is 0. The van der Waals surface area contributed by atoms with Crippen molar-refractivity contribution < 1.29 is 13.9 Å². The second-order valence-electron chi connectivity index (χ2n) is 1.79. The minimum absolute atomic E-state index is 0.109. The fourth-order valence-corrected chi connectivity index (χ4v) is 2.61. The van der Waals surface area contributed by atoms with E-state index in [1.807, 2.05) is 0 Å². The van der Waals surface area contributed by atoms with Crippen LogP contribution in [0.1, 0.15) is 0 Å². The highest BCUT2D eigenvalue weighted by atomic mass is 32.2. The lowest BCUT2D eigenvalue weighted by Crippen LogP contribution is -1.93. The van der Waals surface area contributed by atoms with E-state index in [-0.39, 0.29) is 14.0 Å². The number of hydrogen-bond acceptors (Lipinski definition) is 4. The molecule has 0 spiro atoms. The number of rotatable bonds is 1. The Morgan fingerprint density at radius 2 is 2.27 bits per heavy atom. The molecule has 1 rings (SSSR count). The summed E-state index contributed by atoms with van der Waals surface area (Å²) in [5.74, 6) is 2.61. The molecule has 0 fully saturated rings. The minimum Gasteiger partial charge on any atom is -0.493 e. The van der Waals surface area contributed by atoms with Gasteiger partial charge in [-0.25, -0.2) is 4.21 Å². The molecule has 1 heterocycles. The van der Waals surface area contributed by atoms with Crippen molar-refractivity contribution in [3.63, 3.8) is 0 Å². The average Bonchev–Trinajstić information content (AvgIpc) is 2.08. The van der Waals surface area contributed by atoms with E-state index in [1.165, 1.54) is 0 Å². The maximum absolute atomic E-state index is 10.9. The highest BCUT2D eigenvalue weighted by Gasteiger charge is 2.12. The Kier molecular flexibility index (Phi) is 2.06. The molecule has 3 N–H and O–H groups in total. The van der Waals surface area contributed by atoms with Gasteiger partial charge in [-0.2, -0.15) is 0 Å². The summed E-state index contributed by atoms with van der Waals surface area (Å²) in [6.07, 6.45) is 0. The smallest absolute Gasteiger partial charge is 0.219 e. The van der Waals surface area contributed by atoms with Gasteiger partial charge in [-0.15, -0.1) is 0 Å². The summed E-state index contributed by atoms with van der Waals surface area (Å²) in [5, 5.41) is 8.98. The molecule has 0 amide bonds. The third-order valence-electron chi connectivity index (χ3n) is 0.889. The second-order valence-corrected chi connectivity index (χ2v) is 5.43. The van der Waals surface area contributed by atoms with Crippen LogP contribution in [0, 0.1) is 3.95 Å². The van der Waals surface area contributed by atoms with Crippen LogP contribution in [0.3, 0.4) is 0 Å². The largest absolute Gasteiger partial charge is 0.493 e. The highest BCUT2D eigenvalue weighted by Crippen LogP contribution is 2.25. The van der Waals surface area contributed by atoms with E-state index in [0.717, 1.165) is 11.3 Å². The van der Waals surface area contributed by atoms with Crippen LogP contribution in [0.2, 0.25) is 0 Å². The van der Waals surface area contributed by atoms with Crippen molar-refractivity contribution in [2.75, 3.05) is 0 Å². The Morgan fingerprint density at radius 3 is 2.45 bits per heavy atom. The lowest BCUT2D eigenvalue weighted by atomic mass is 10.9. The number of thiazole rings is 1. The molecule has 11 heavy (non-hydrogen) atoms. The molecule has 0 aliphatic carbocycles. The lowest BCUT2D eigenvalue weighted by Gasteiger charge is -1.94. The molecular weight excluding hydrogens is 206 g/mol. The maximum Gasteiger partial charge on any atom is 0.219 e. The van der Waals surface area contributed by atoms with E-state index in [4.69, 9.17) is 9.66 Å². The van der Waals surface area contributed by atoms with Crippen molar-refractivity contribution in [2.24, 2.45) is 0 Å². The van der Waals surface area contributed by atoms with Gasteiger partial charge in [-0.05, 0) is 18.1 Å². The summed E-state index contributed by atoms with van der Waals surface area (Å²) >= 11 is 5.47. The predicted octanol–water partition coefficient (Wildman–Crippen LogP) is 1.06.